The summed E-state index contributed by atoms with van der Waals surface area (Å²) in [6, 6.07) is 7.59. The largest absolute Gasteiger partial charge is 0.394 e. The third-order valence-corrected chi connectivity index (χ3v) is 5.45. The molecule has 1 aromatic carbocycles. The summed E-state index contributed by atoms with van der Waals surface area (Å²) in [5.74, 6) is 1.37. The highest BCUT2D eigenvalue weighted by atomic mass is 16.3. The fourth-order valence-corrected chi connectivity index (χ4v) is 3.56. The zero-order valence-electron chi connectivity index (χ0n) is 19.8. The predicted molar refractivity (Wildman–Crippen MR) is 128 cm³/mol. The fourth-order valence-electron chi connectivity index (χ4n) is 3.56. The fraction of sp³-hybridized carbons (Fsp3) is 0.500. The van der Waals surface area contributed by atoms with Crippen LogP contribution in [0.5, 0.6) is 0 Å². The normalized spacial score (nSPS) is 12.5. The van der Waals surface area contributed by atoms with Crippen LogP contribution < -0.4 is 10.6 Å². The number of carbonyl (C=O) groups is 1. The number of aliphatic hydroxyl groups excluding tert-OH is 1. The average molecular weight is 439 g/mol. The molecule has 8 heteroatoms. The first kappa shape index (κ1) is 23.7. The van der Waals surface area contributed by atoms with E-state index in [1.54, 1.807) is 6.92 Å². The van der Waals surface area contributed by atoms with Crippen molar-refractivity contribution in [3.8, 4) is 0 Å². The zero-order chi connectivity index (χ0) is 23.4. The second kappa shape index (κ2) is 10.1. The minimum Gasteiger partial charge on any atom is -0.394 e. The van der Waals surface area contributed by atoms with Crippen molar-refractivity contribution in [2.24, 2.45) is 0 Å². The monoisotopic (exact) mass is 438 g/mol. The molecule has 0 saturated heterocycles. The molecular weight excluding hydrogens is 404 g/mol. The lowest BCUT2D eigenvalue weighted by molar-refractivity contribution is 0.101. The number of benzene rings is 1. The predicted octanol–water partition coefficient (Wildman–Crippen LogP) is 4.53. The zero-order valence-corrected chi connectivity index (χ0v) is 19.8. The molecule has 2 aromatic heterocycles. The summed E-state index contributed by atoms with van der Waals surface area (Å²) in [4.78, 5) is 21.3. The lowest BCUT2D eigenvalue weighted by atomic mass is 10.1. The molecule has 0 bridgehead atoms. The first-order chi connectivity index (χ1) is 15.2. The molecule has 0 amide bonds. The van der Waals surface area contributed by atoms with E-state index in [1.807, 2.05) is 35.9 Å². The Morgan fingerprint density at radius 2 is 1.94 bits per heavy atom. The van der Waals surface area contributed by atoms with Gasteiger partial charge in [0.25, 0.3) is 0 Å². The molecule has 3 rings (SSSR count). The number of ketones is 1. The molecule has 0 fully saturated rings. The number of fused-ring (bicyclic) bond motifs is 1. The number of aromatic nitrogens is 4. The van der Waals surface area contributed by atoms with E-state index in [4.69, 9.17) is 15.1 Å². The maximum absolute atomic E-state index is 11.8. The molecule has 172 valence electrons. The second-order valence-electron chi connectivity index (χ2n) is 8.71. The van der Waals surface area contributed by atoms with Crippen LogP contribution in [0.4, 0.5) is 11.8 Å². The maximum Gasteiger partial charge on any atom is 0.225 e. The van der Waals surface area contributed by atoms with Crippen LogP contribution in [0.2, 0.25) is 0 Å². The molecule has 0 saturated carbocycles. The molecule has 1 unspecified atom stereocenters. The quantitative estimate of drug-likeness (QED) is 0.399. The highest BCUT2D eigenvalue weighted by Crippen LogP contribution is 2.31. The lowest BCUT2D eigenvalue weighted by Gasteiger charge is -2.17. The van der Waals surface area contributed by atoms with Crippen molar-refractivity contribution in [3.63, 3.8) is 0 Å². The van der Waals surface area contributed by atoms with Crippen LogP contribution >= 0.6 is 0 Å². The van der Waals surface area contributed by atoms with Crippen LogP contribution in [0, 0.1) is 0 Å². The first-order valence-corrected chi connectivity index (χ1v) is 11.3. The number of nitrogens with zero attached hydrogens (tertiary/aromatic N) is 4. The molecule has 0 spiro atoms. The second-order valence-corrected chi connectivity index (χ2v) is 8.71. The summed E-state index contributed by atoms with van der Waals surface area (Å²) in [5, 5.41) is 21.2. The molecule has 0 aliphatic heterocycles. The van der Waals surface area contributed by atoms with E-state index >= 15 is 0 Å². The Bertz CT molecular complexity index is 1090. The van der Waals surface area contributed by atoms with Crippen LogP contribution in [0.3, 0.4) is 0 Å². The number of nitrogens with one attached hydrogen (secondary N) is 2. The lowest BCUT2D eigenvalue weighted by Crippen LogP contribution is -2.24. The Kier molecular flexibility index (Phi) is 7.45. The van der Waals surface area contributed by atoms with Gasteiger partial charge in [0.1, 0.15) is 11.0 Å². The van der Waals surface area contributed by atoms with Gasteiger partial charge in [-0.3, -0.25) is 9.48 Å². The van der Waals surface area contributed by atoms with E-state index in [2.05, 4.69) is 38.3 Å². The van der Waals surface area contributed by atoms with Crippen molar-refractivity contribution < 1.29 is 9.90 Å². The number of Topliss-reactive ketones (excluding diaryl/α,β-unsaturated/α-hetero) is 1. The van der Waals surface area contributed by atoms with Crippen molar-refractivity contribution in [3.05, 3.63) is 41.1 Å². The van der Waals surface area contributed by atoms with E-state index in [0.29, 0.717) is 23.9 Å². The van der Waals surface area contributed by atoms with Crippen molar-refractivity contribution in [2.75, 3.05) is 17.2 Å². The summed E-state index contributed by atoms with van der Waals surface area (Å²) < 4.78 is 1.96. The Hall–Kier alpha value is -3.00. The molecule has 3 N–H and O–H groups in total. The molecule has 0 aliphatic carbocycles. The summed E-state index contributed by atoms with van der Waals surface area (Å²) in [6.07, 6.45) is 0.751. The molecule has 1 atom stereocenters. The number of carbonyl (C=O) groups excluding carboxylic acids is 1. The standard InChI is InChI=1S/C24H34N6O2/c1-7-19(13-31)26-24-27-21-20(14(2)3)29-30(15(4)5)22(21)23(28-24)25-12-17-9-8-10-18(11-17)16(6)32/h8-11,14-15,19,31H,7,12-13H2,1-6H3,(H2,25,26,27,28). The van der Waals surface area contributed by atoms with Crippen molar-refractivity contribution in [1.82, 2.24) is 19.7 Å². The van der Waals surface area contributed by atoms with Gasteiger partial charge >= 0.3 is 0 Å². The van der Waals surface area contributed by atoms with Gasteiger partial charge in [-0.05, 0) is 44.7 Å². The average Bonchev–Trinajstić information content (AvgIpc) is 3.16. The van der Waals surface area contributed by atoms with Gasteiger partial charge in [-0.1, -0.05) is 39.0 Å². The summed E-state index contributed by atoms with van der Waals surface area (Å²) in [7, 11) is 0. The van der Waals surface area contributed by atoms with Crippen molar-refractivity contribution >= 4 is 28.6 Å². The Balaban J connectivity index is 2.08. The molecule has 0 aliphatic rings. The topological polar surface area (TPSA) is 105 Å². The van der Waals surface area contributed by atoms with Gasteiger partial charge in [-0.15, -0.1) is 0 Å². The van der Waals surface area contributed by atoms with Crippen LogP contribution in [-0.2, 0) is 6.54 Å². The van der Waals surface area contributed by atoms with Gasteiger partial charge in [-0.25, -0.2) is 4.98 Å². The number of hydrogen-bond donors (Lipinski definition) is 3. The number of rotatable bonds is 10. The number of hydrogen-bond acceptors (Lipinski definition) is 7. The third kappa shape index (κ3) is 5.07. The van der Waals surface area contributed by atoms with E-state index in [9.17, 15) is 9.90 Å². The smallest absolute Gasteiger partial charge is 0.225 e. The SMILES string of the molecule is CCC(CO)Nc1nc(NCc2cccc(C(C)=O)c2)c2c(n1)c(C(C)C)nn2C(C)C. The van der Waals surface area contributed by atoms with Gasteiger partial charge in [0.05, 0.1) is 18.3 Å². The van der Waals surface area contributed by atoms with Gasteiger partial charge in [-0.2, -0.15) is 10.1 Å². The number of aliphatic hydroxyl groups is 1. The van der Waals surface area contributed by atoms with E-state index in [1.165, 1.54) is 0 Å². The van der Waals surface area contributed by atoms with Crippen molar-refractivity contribution in [1.29, 1.82) is 0 Å². The molecule has 32 heavy (non-hydrogen) atoms. The first-order valence-electron chi connectivity index (χ1n) is 11.3. The maximum atomic E-state index is 11.8. The van der Waals surface area contributed by atoms with Gasteiger partial charge < -0.3 is 15.7 Å². The Morgan fingerprint density at radius 1 is 1.19 bits per heavy atom. The molecular formula is C24H34N6O2. The number of anilines is 2. The highest BCUT2D eigenvalue weighted by molar-refractivity contribution is 5.94. The Labute approximate surface area is 189 Å². The van der Waals surface area contributed by atoms with Crippen molar-refractivity contribution in [2.45, 2.75) is 72.5 Å². The molecule has 8 nitrogen and oxygen atoms in total. The summed E-state index contributed by atoms with van der Waals surface area (Å²) in [5.41, 5.74) is 4.24. The van der Waals surface area contributed by atoms with Gasteiger partial charge in [0.15, 0.2) is 11.6 Å². The van der Waals surface area contributed by atoms with Gasteiger partial charge in [0.2, 0.25) is 5.95 Å². The Morgan fingerprint density at radius 3 is 2.53 bits per heavy atom. The van der Waals surface area contributed by atoms with E-state index in [-0.39, 0.29) is 30.4 Å². The molecule has 0 radical (unpaired) electrons. The summed E-state index contributed by atoms with van der Waals surface area (Å²) in [6.45, 7) is 12.5. The third-order valence-electron chi connectivity index (χ3n) is 5.45. The van der Waals surface area contributed by atoms with Gasteiger partial charge in [0, 0.05) is 18.2 Å². The van der Waals surface area contributed by atoms with Crippen LogP contribution in [0.1, 0.15) is 81.5 Å². The molecule has 3 aromatic rings. The van der Waals surface area contributed by atoms with E-state index in [0.717, 1.165) is 28.7 Å². The van der Waals surface area contributed by atoms with E-state index < -0.39 is 0 Å². The minimum absolute atomic E-state index is 0.000785. The minimum atomic E-state index is -0.129. The van der Waals surface area contributed by atoms with Crippen LogP contribution in [-0.4, -0.2) is 43.3 Å². The summed E-state index contributed by atoms with van der Waals surface area (Å²) >= 11 is 0. The van der Waals surface area contributed by atoms with Crippen LogP contribution in [0.15, 0.2) is 24.3 Å². The molecule has 2 heterocycles. The highest BCUT2D eigenvalue weighted by Gasteiger charge is 2.22. The van der Waals surface area contributed by atoms with Crippen LogP contribution in [0.25, 0.3) is 11.0 Å².